The van der Waals surface area contributed by atoms with Crippen molar-refractivity contribution in [3.8, 4) is 0 Å². The maximum absolute atomic E-state index is 12.5. The second-order valence-corrected chi connectivity index (χ2v) is 8.59. The summed E-state index contributed by atoms with van der Waals surface area (Å²) in [5, 5.41) is 10.3. The van der Waals surface area contributed by atoms with Gasteiger partial charge in [0.1, 0.15) is 12.2 Å². The third-order valence-corrected chi connectivity index (χ3v) is 6.28. The smallest absolute Gasteiger partial charge is 0.338 e. The van der Waals surface area contributed by atoms with E-state index in [0.717, 1.165) is 25.7 Å². The minimum absolute atomic E-state index is 0.158. The molecule has 1 saturated heterocycles. The number of nitrogens with one attached hydrogen (secondary N) is 1. The second kappa shape index (κ2) is 9.81. The number of aromatic nitrogens is 2. The van der Waals surface area contributed by atoms with Crippen LogP contribution in [0.4, 0.5) is 0 Å². The van der Waals surface area contributed by atoms with E-state index in [1.54, 1.807) is 24.3 Å². The molecule has 0 radical (unpaired) electrons. The van der Waals surface area contributed by atoms with Crippen LogP contribution in [0.5, 0.6) is 0 Å². The van der Waals surface area contributed by atoms with Gasteiger partial charge in [-0.3, -0.25) is 19.2 Å². The van der Waals surface area contributed by atoms with Crippen LogP contribution in [0, 0.1) is 0 Å². The standard InChI is InChI=1S/C23H29N3O6/c27-15-23(16-31-21(29)17-7-3-1-4-8-17)14-25(18-9-5-2-6-10-18)13-20(32-23)26-12-11-19(28)24-22(26)30/h1,3-4,7-8,11-12,18,20,27H,2,5-6,9-10,13-16H2,(H,24,28,30)/t20-,23-/m1/s1. The molecule has 2 atom stereocenters. The number of morpholine rings is 1. The molecule has 172 valence electrons. The SMILES string of the molecule is O=C(OC[C@]1(CO)CN(C2CCCCC2)C[C@H](n2ccc(=O)[nH]c2=O)O1)c1ccccc1. The van der Waals surface area contributed by atoms with Crippen LogP contribution in [-0.2, 0) is 9.47 Å². The molecular weight excluding hydrogens is 414 g/mol. The van der Waals surface area contributed by atoms with E-state index in [0.29, 0.717) is 24.7 Å². The third-order valence-electron chi connectivity index (χ3n) is 6.28. The summed E-state index contributed by atoms with van der Waals surface area (Å²) in [5.74, 6) is -0.505. The number of rotatable bonds is 6. The van der Waals surface area contributed by atoms with Crippen LogP contribution in [-0.4, -0.2) is 63.5 Å². The average Bonchev–Trinajstić information content (AvgIpc) is 2.83. The Kier molecular flexibility index (Phi) is 6.88. The van der Waals surface area contributed by atoms with Crippen molar-refractivity contribution >= 4 is 5.97 Å². The Hall–Kier alpha value is -2.75. The van der Waals surface area contributed by atoms with Crippen LogP contribution in [0.15, 0.2) is 52.2 Å². The van der Waals surface area contributed by atoms with Gasteiger partial charge in [0.15, 0.2) is 6.23 Å². The molecule has 2 aliphatic rings. The van der Waals surface area contributed by atoms with Crippen molar-refractivity contribution in [2.45, 2.75) is 50.0 Å². The molecule has 1 aliphatic heterocycles. The molecule has 1 aromatic carbocycles. The lowest BCUT2D eigenvalue weighted by Crippen LogP contribution is -2.61. The molecule has 0 spiro atoms. The number of ether oxygens (including phenoxy) is 2. The predicted octanol–water partition coefficient (Wildman–Crippen LogP) is 1.29. The summed E-state index contributed by atoms with van der Waals surface area (Å²) in [6, 6.07) is 10.2. The molecule has 9 nitrogen and oxygen atoms in total. The van der Waals surface area contributed by atoms with Crippen molar-refractivity contribution in [3.05, 3.63) is 69.0 Å². The largest absolute Gasteiger partial charge is 0.459 e. The predicted molar refractivity (Wildman–Crippen MR) is 116 cm³/mol. The Bertz CT molecular complexity index is 1030. The van der Waals surface area contributed by atoms with E-state index < -0.39 is 29.0 Å². The van der Waals surface area contributed by atoms with Crippen molar-refractivity contribution in [1.29, 1.82) is 0 Å². The van der Waals surface area contributed by atoms with Crippen LogP contribution in [0.2, 0.25) is 0 Å². The van der Waals surface area contributed by atoms with Gasteiger partial charge in [0.2, 0.25) is 0 Å². The second-order valence-electron chi connectivity index (χ2n) is 8.59. The fraction of sp³-hybridized carbons (Fsp3) is 0.522. The van der Waals surface area contributed by atoms with Crippen LogP contribution in [0.3, 0.4) is 0 Å². The molecule has 1 saturated carbocycles. The Labute approximate surface area is 185 Å². The minimum atomic E-state index is -1.19. The first-order chi connectivity index (χ1) is 15.5. The normalized spacial score (nSPS) is 24.8. The number of H-pyrrole nitrogens is 1. The van der Waals surface area contributed by atoms with Crippen LogP contribution in [0.1, 0.15) is 48.7 Å². The molecule has 2 aromatic rings. The first-order valence-electron chi connectivity index (χ1n) is 11.1. The molecular formula is C23H29N3O6. The minimum Gasteiger partial charge on any atom is -0.459 e. The zero-order valence-corrected chi connectivity index (χ0v) is 17.9. The van der Waals surface area contributed by atoms with E-state index in [9.17, 15) is 19.5 Å². The number of carbonyl (C=O) groups is 1. The van der Waals surface area contributed by atoms with Gasteiger partial charge in [-0.15, -0.1) is 0 Å². The Balaban J connectivity index is 1.59. The summed E-state index contributed by atoms with van der Waals surface area (Å²) in [4.78, 5) is 40.9. The van der Waals surface area contributed by atoms with Crippen LogP contribution >= 0.6 is 0 Å². The number of aliphatic hydroxyl groups is 1. The highest BCUT2D eigenvalue weighted by Crippen LogP contribution is 2.32. The number of aliphatic hydroxyl groups excluding tert-OH is 1. The van der Waals surface area contributed by atoms with Crippen molar-refractivity contribution < 1.29 is 19.4 Å². The number of hydrogen-bond donors (Lipinski definition) is 2. The summed E-state index contributed by atoms with van der Waals surface area (Å²) >= 11 is 0. The molecule has 2 heterocycles. The first kappa shape index (κ1) is 22.4. The van der Waals surface area contributed by atoms with Gasteiger partial charge >= 0.3 is 11.7 Å². The number of hydrogen-bond acceptors (Lipinski definition) is 7. The zero-order valence-electron chi connectivity index (χ0n) is 17.9. The number of benzene rings is 1. The molecule has 0 unspecified atom stereocenters. The number of carbonyl (C=O) groups excluding carboxylic acids is 1. The van der Waals surface area contributed by atoms with E-state index in [1.165, 1.54) is 23.3 Å². The van der Waals surface area contributed by atoms with E-state index in [1.807, 2.05) is 6.07 Å². The van der Waals surface area contributed by atoms with E-state index in [4.69, 9.17) is 9.47 Å². The highest BCUT2D eigenvalue weighted by molar-refractivity contribution is 5.89. The molecule has 1 aromatic heterocycles. The lowest BCUT2D eigenvalue weighted by atomic mass is 9.92. The Morgan fingerprint density at radius 1 is 1.16 bits per heavy atom. The monoisotopic (exact) mass is 443 g/mol. The Morgan fingerprint density at radius 3 is 2.59 bits per heavy atom. The number of nitrogens with zero attached hydrogens (tertiary/aromatic N) is 2. The fourth-order valence-electron chi connectivity index (χ4n) is 4.59. The summed E-state index contributed by atoms with van der Waals surface area (Å²) in [6.07, 6.45) is 6.16. The topological polar surface area (TPSA) is 114 Å². The molecule has 32 heavy (non-hydrogen) atoms. The van der Waals surface area contributed by atoms with Gasteiger partial charge in [-0.05, 0) is 25.0 Å². The molecule has 9 heteroatoms. The van der Waals surface area contributed by atoms with Gasteiger partial charge in [-0.2, -0.15) is 0 Å². The van der Waals surface area contributed by atoms with Gasteiger partial charge in [0.25, 0.3) is 5.56 Å². The molecule has 0 amide bonds. The number of aromatic amines is 1. The van der Waals surface area contributed by atoms with Crippen LogP contribution in [0.25, 0.3) is 0 Å². The van der Waals surface area contributed by atoms with Gasteiger partial charge in [-0.1, -0.05) is 37.5 Å². The lowest BCUT2D eigenvalue weighted by molar-refractivity contribution is -0.221. The number of esters is 1. The van der Waals surface area contributed by atoms with Gasteiger partial charge in [-0.25, -0.2) is 9.59 Å². The molecule has 4 rings (SSSR count). The maximum atomic E-state index is 12.5. The molecule has 0 bridgehead atoms. The average molecular weight is 444 g/mol. The van der Waals surface area contributed by atoms with Crippen molar-refractivity contribution in [2.24, 2.45) is 0 Å². The summed E-state index contributed by atoms with van der Waals surface area (Å²) in [5.41, 5.74) is -1.85. The van der Waals surface area contributed by atoms with Crippen molar-refractivity contribution in [1.82, 2.24) is 14.5 Å². The van der Waals surface area contributed by atoms with Gasteiger partial charge in [0.05, 0.1) is 12.2 Å². The van der Waals surface area contributed by atoms with E-state index in [-0.39, 0.29) is 13.2 Å². The van der Waals surface area contributed by atoms with Crippen molar-refractivity contribution in [2.75, 3.05) is 26.3 Å². The van der Waals surface area contributed by atoms with Gasteiger partial charge in [0, 0.05) is 31.4 Å². The highest BCUT2D eigenvalue weighted by Gasteiger charge is 2.44. The highest BCUT2D eigenvalue weighted by atomic mass is 16.6. The molecule has 1 aliphatic carbocycles. The van der Waals surface area contributed by atoms with E-state index >= 15 is 0 Å². The van der Waals surface area contributed by atoms with Gasteiger partial charge < -0.3 is 14.6 Å². The van der Waals surface area contributed by atoms with Crippen molar-refractivity contribution in [3.63, 3.8) is 0 Å². The lowest BCUT2D eigenvalue weighted by Gasteiger charge is -2.48. The quantitative estimate of drug-likeness (QED) is 0.647. The summed E-state index contributed by atoms with van der Waals surface area (Å²) in [7, 11) is 0. The fourth-order valence-corrected chi connectivity index (χ4v) is 4.59. The van der Waals surface area contributed by atoms with Crippen LogP contribution < -0.4 is 11.2 Å². The first-order valence-corrected chi connectivity index (χ1v) is 11.1. The maximum Gasteiger partial charge on any atom is 0.338 e. The molecule has 2 N–H and O–H groups in total. The zero-order chi connectivity index (χ0) is 22.6. The third kappa shape index (κ3) is 5.01. The summed E-state index contributed by atoms with van der Waals surface area (Å²) in [6.45, 7) is 0.276. The summed E-state index contributed by atoms with van der Waals surface area (Å²) < 4.78 is 13.1. The Morgan fingerprint density at radius 2 is 1.91 bits per heavy atom. The molecule has 2 fully saturated rings. The van der Waals surface area contributed by atoms with E-state index in [2.05, 4.69) is 9.88 Å².